The molecule has 0 radical (unpaired) electrons. The van der Waals surface area contributed by atoms with Gasteiger partial charge in [0.25, 0.3) is 0 Å². The van der Waals surface area contributed by atoms with Gasteiger partial charge < -0.3 is 0 Å². The van der Waals surface area contributed by atoms with Crippen molar-refractivity contribution in [2.75, 3.05) is 0 Å². The summed E-state index contributed by atoms with van der Waals surface area (Å²) in [6.07, 6.45) is 4.79. The smallest absolute Gasteiger partial charge is 0.164 e. The van der Waals surface area contributed by atoms with Crippen molar-refractivity contribution in [1.29, 1.82) is 0 Å². The van der Waals surface area contributed by atoms with E-state index in [9.17, 15) is 0 Å². The molecule has 0 atom stereocenters. The summed E-state index contributed by atoms with van der Waals surface area (Å²) >= 11 is 12.8. The number of hydrogen-bond acceptors (Lipinski definition) is 4. The Bertz CT molecular complexity index is 1020. The topological polar surface area (TPSA) is 56.5 Å². The SMILES string of the molecule is Cc1ccc2c(-n3cncn3)ncc(-c3c(Cl)cccc3Cl)c2n1. The monoisotopic (exact) mass is 355 g/mol. The number of aryl methyl sites for hydroxylation is 1. The van der Waals surface area contributed by atoms with Gasteiger partial charge in [0, 0.05) is 28.4 Å². The van der Waals surface area contributed by atoms with Gasteiger partial charge in [-0.1, -0.05) is 29.3 Å². The quantitative estimate of drug-likeness (QED) is 0.531. The van der Waals surface area contributed by atoms with Crippen LogP contribution < -0.4 is 0 Å². The molecule has 0 saturated carbocycles. The van der Waals surface area contributed by atoms with Crippen molar-refractivity contribution in [1.82, 2.24) is 24.7 Å². The molecule has 7 heteroatoms. The number of halogens is 2. The Morgan fingerprint density at radius 2 is 1.83 bits per heavy atom. The van der Waals surface area contributed by atoms with Crippen molar-refractivity contribution in [3.63, 3.8) is 0 Å². The third-order valence-corrected chi connectivity index (χ3v) is 4.34. The number of pyridine rings is 2. The molecular formula is C17H11Cl2N5. The Morgan fingerprint density at radius 1 is 1.04 bits per heavy atom. The van der Waals surface area contributed by atoms with E-state index in [2.05, 4.69) is 20.1 Å². The third kappa shape index (κ3) is 2.42. The summed E-state index contributed by atoms with van der Waals surface area (Å²) in [6, 6.07) is 9.32. The van der Waals surface area contributed by atoms with Crippen LogP contribution in [0.3, 0.4) is 0 Å². The molecule has 0 N–H and O–H groups in total. The molecule has 4 rings (SSSR count). The predicted octanol–water partition coefficient (Wildman–Crippen LogP) is 4.49. The lowest BCUT2D eigenvalue weighted by atomic mass is 10.0. The zero-order chi connectivity index (χ0) is 16.7. The second-order valence-corrected chi connectivity index (χ2v) is 6.10. The van der Waals surface area contributed by atoms with E-state index in [1.807, 2.05) is 25.1 Å². The summed E-state index contributed by atoms with van der Waals surface area (Å²) in [5.41, 5.74) is 3.17. The second-order valence-electron chi connectivity index (χ2n) is 5.28. The zero-order valence-corrected chi connectivity index (χ0v) is 14.1. The normalized spacial score (nSPS) is 11.1. The van der Waals surface area contributed by atoms with E-state index in [1.165, 1.54) is 6.33 Å². The van der Waals surface area contributed by atoms with Gasteiger partial charge in [-0.2, -0.15) is 5.10 Å². The fraction of sp³-hybridized carbons (Fsp3) is 0.0588. The van der Waals surface area contributed by atoms with Crippen LogP contribution in [0.1, 0.15) is 5.69 Å². The minimum atomic E-state index is 0.558. The van der Waals surface area contributed by atoms with Crippen molar-refractivity contribution in [3.05, 3.63) is 64.9 Å². The average Bonchev–Trinajstić information content (AvgIpc) is 3.09. The van der Waals surface area contributed by atoms with Gasteiger partial charge in [0.15, 0.2) is 5.82 Å². The van der Waals surface area contributed by atoms with E-state index in [0.29, 0.717) is 15.9 Å². The second kappa shape index (κ2) is 5.85. The summed E-state index contributed by atoms with van der Waals surface area (Å²) in [5.74, 6) is 0.655. The molecule has 24 heavy (non-hydrogen) atoms. The van der Waals surface area contributed by atoms with Crippen LogP contribution in [0, 0.1) is 6.92 Å². The van der Waals surface area contributed by atoms with Gasteiger partial charge in [-0.15, -0.1) is 0 Å². The Kier molecular flexibility index (Phi) is 3.67. The Labute approximate surface area is 147 Å². The highest BCUT2D eigenvalue weighted by Crippen LogP contribution is 2.38. The van der Waals surface area contributed by atoms with Crippen molar-refractivity contribution in [2.24, 2.45) is 0 Å². The Morgan fingerprint density at radius 3 is 2.54 bits per heavy atom. The molecule has 0 fully saturated rings. The standard InChI is InChI=1S/C17H11Cl2N5/c1-10-5-6-11-16(23-10)12(15-13(18)3-2-4-14(15)19)7-21-17(11)24-9-20-8-22-24/h2-9H,1H3. The van der Waals surface area contributed by atoms with Crippen LogP contribution in [0.4, 0.5) is 0 Å². The Hall–Kier alpha value is -2.50. The molecule has 0 amide bonds. The fourth-order valence-electron chi connectivity index (χ4n) is 2.64. The first-order chi connectivity index (χ1) is 11.6. The number of fused-ring (bicyclic) bond motifs is 1. The summed E-state index contributed by atoms with van der Waals surface area (Å²) < 4.78 is 1.61. The first-order valence-electron chi connectivity index (χ1n) is 7.21. The lowest BCUT2D eigenvalue weighted by Gasteiger charge is -2.12. The van der Waals surface area contributed by atoms with Crippen LogP contribution in [0.5, 0.6) is 0 Å². The summed E-state index contributed by atoms with van der Waals surface area (Å²) in [7, 11) is 0. The maximum Gasteiger partial charge on any atom is 0.164 e. The molecule has 0 saturated heterocycles. The molecule has 0 aliphatic rings. The van der Waals surface area contributed by atoms with Gasteiger partial charge in [0.05, 0.1) is 15.6 Å². The average molecular weight is 356 g/mol. The van der Waals surface area contributed by atoms with E-state index in [4.69, 9.17) is 23.2 Å². The van der Waals surface area contributed by atoms with Crippen LogP contribution in [0.15, 0.2) is 49.2 Å². The van der Waals surface area contributed by atoms with E-state index < -0.39 is 0 Å². The van der Waals surface area contributed by atoms with Crippen LogP contribution in [0.25, 0.3) is 27.8 Å². The fourth-order valence-corrected chi connectivity index (χ4v) is 3.24. The minimum absolute atomic E-state index is 0.558. The number of hydrogen-bond donors (Lipinski definition) is 0. The summed E-state index contributed by atoms with van der Waals surface area (Å²) in [5, 5.41) is 6.12. The molecule has 0 spiro atoms. The largest absolute Gasteiger partial charge is 0.252 e. The predicted molar refractivity (Wildman–Crippen MR) is 94.6 cm³/mol. The van der Waals surface area contributed by atoms with Crippen LogP contribution >= 0.6 is 23.2 Å². The van der Waals surface area contributed by atoms with Crippen molar-refractivity contribution in [3.8, 4) is 16.9 Å². The van der Waals surface area contributed by atoms with Crippen LogP contribution in [-0.2, 0) is 0 Å². The van der Waals surface area contributed by atoms with E-state index in [1.54, 1.807) is 29.3 Å². The zero-order valence-electron chi connectivity index (χ0n) is 12.6. The lowest BCUT2D eigenvalue weighted by molar-refractivity contribution is 0.854. The third-order valence-electron chi connectivity index (χ3n) is 3.71. The van der Waals surface area contributed by atoms with Gasteiger partial charge in [-0.25, -0.2) is 14.6 Å². The molecule has 3 heterocycles. The molecule has 0 aliphatic carbocycles. The molecule has 0 bridgehead atoms. The van der Waals surface area contributed by atoms with Crippen molar-refractivity contribution < 1.29 is 0 Å². The first-order valence-corrected chi connectivity index (χ1v) is 7.96. The molecule has 4 aromatic rings. The molecule has 118 valence electrons. The summed E-state index contributed by atoms with van der Waals surface area (Å²) in [4.78, 5) is 13.2. The van der Waals surface area contributed by atoms with Gasteiger partial charge in [0.1, 0.15) is 12.7 Å². The van der Waals surface area contributed by atoms with Crippen molar-refractivity contribution >= 4 is 34.1 Å². The lowest BCUT2D eigenvalue weighted by Crippen LogP contribution is -2.01. The van der Waals surface area contributed by atoms with Gasteiger partial charge in [0.2, 0.25) is 0 Å². The maximum atomic E-state index is 6.38. The van der Waals surface area contributed by atoms with E-state index in [-0.39, 0.29) is 0 Å². The highest BCUT2D eigenvalue weighted by Gasteiger charge is 2.16. The first kappa shape index (κ1) is 15.1. The van der Waals surface area contributed by atoms with Gasteiger partial charge >= 0.3 is 0 Å². The highest BCUT2D eigenvalue weighted by molar-refractivity contribution is 6.39. The number of benzene rings is 1. The Balaban J connectivity index is 2.09. The molecule has 0 aliphatic heterocycles. The van der Waals surface area contributed by atoms with Gasteiger partial charge in [-0.3, -0.25) is 4.98 Å². The molecule has 5 nitrogen and oxygen atoms in total. The number of rotatable bonds is 2. The van der Waals surface area contributed by atoms with Crippen LogP contribution in [0.2, 0.25) is 10.0 Å². The summed E-state index contributed by atoms with van der Waals surface area (Å²) in [6.45, 7) is 1.94. The van der Waals surface area contributed by atoms with Crippen LogP contribution in [-0.4, -0.2) is 24.7 Å². The molecule has 0 unspecified atom stereocenters. The molecule has 3 aromatic heterocycles. The number of aromatic nitrogens is 5. The van der Waals surface area contributed by atoms with Gasteiger partial charge in [-0.05, 0) is 31.2 Å². The minimum Gasteiger partial charge on any atom is -0.252 e. The van der Waals surface area contributed by atoms with E-state index in [0.717, 1.165) is 27.7 Å². The maximum absolute atomic E-state index is 6.38. The molecular weight excluding hydrogens is 345 g/mol. The number of nitrogens with zero attached hydrogens (tertiary/aromatic N) is 5. The highest BCUT2D eigenvalue weighted by atomic mass is 35.5. The molecule has 1 aromatic carbocycles. The van der Waals surface area contributed by atoms with E-state index >= 15 is 0 Å². The van der Waals surface area contributed by atoms with Crippen molar-refractivity contribution in [2.45, 2.75) is 6.92 Å².